The van der Waals surface area contributed by atoms with Crippen LogP contribution in [0, 0.1) is 5.92 Å². The van der Waals surface area contributed by atoms with Crippen molar-refractivity contribution in [2.24, 2.45) is 5.92 Å². The molecule has 0 unspecified atom stereocenters. The number of ether oxygens (including phenoxy) is 3. The quantitative estimate of drug-likeness (QED) is 0.541. The van der Waals surface area contributed by atoms with E-state index in [4.69, 9.17) is 14.2 Å². The van der Waals surface area contributed by atoms with Crippen LogP contribution in [0.4, 0.5) is 0 Å². The van der Waals surface area contributed by atoms with Crippen molar-refractivity contribution < 1.29 is 19.0 Å². The van der Waals surface area contributed by atoms with Gasteiger partial charge in [0.2, 0.25) is 0 Å². The molecular formula is C10H14O4. The average molecular weight is 198 g/mol. The van der Waals surface area contributed by atoms with Crippen LogP contribution in [0.25, 0.3) is 0 Å². The second-order valence-corrected chi connectivity index (χ2v) is 4.77. The van der Waals surface area contributed by atoms with E-state index in [1.807, 2.05) is 13.8 Å². The Hall–Kier alpha value is -0.610. The van der Waals surface area contributed by atoms with Crippen LogP contribution in [0.1, 0.15) is 26.7 Å². The van der Waals surface area contributed by atoms with E-state index in [-0.39, 0.29) is 30.2 Å². The zero-order chi connectivity index (χ0) is 9.92. The highest BCUT2D eigenvalue weighted by Crippen LogP contribution is 2.46. The smallest absolute Gasteiger partial charge is 0.306 e. The Bertz CT molecular complexity index is 286. The maximum absolute atomic E-state index is 11.1. The Morgan fingerprint density at radius 2 is 2.07 bits per heavy atom. The van der Waals surface area contributed by atoms with Crippen molar-refractivity contribution in [3.05, 3.63) is 0 Å². The van der Waals surface area contributed by atoms with Gasteiger partial charge in [-0.2, -0.15) is 0 Å². The molecule has 3 aliphatic rings. The number of rotatable bonds is 0. The molecule has 2 heterocycles. The van der Waals surface area contributed by atoms with Crippen molar-refractivity contribution in [1.29, 1.82) is 0 Å². The van der Waals surface area contributed by atoms with Crippen LogP contribution in [0.5, 0.6) is 0 Å². The minimum atomic E-state index is -0.494. The molecule has 0 bridgehead atoms. The summed E-state index contributed by atoms with van der Waals surface area (Å²) in [5.74, 6) is -0.368. The third kappa shape index (κ3) is 1.10. The highest BCUT2D eigenvalue weighted by atomic mass is 16.8. The Morgan fingerprint density at radius 1 is 1.29 bits per heavy atom. The first kappa shape index (κ1) is 8.68. The maximum atomic E-state index is 11.1. The Kier molecular flexibility index (Phi) is 1.55. The minimum absolute atomic E-state index is 0.0357. The van der Waals surface area contributed by atoms with Crippen molar-refractivity contribution in [2.45, 2.75) is 50.8 Å². The number of carbonyl (C=O) groups excluding carboxylic acids is 1. The molecule has 0 aromatic rings. The van der Waals surface area contributed by atoms with E-state index in [9.17, 15) is 4.79 Å². The van der Waals surface area contributed by atoms with E-state index in [1.54, 1.807) is 0 Å². The SMILES string of the molecule is CC1(C)O[C@@H]2[C@H]3CC(=O)O[C@H]3C[C@@H]2O1. The van der Waals surface area contributed by atoms with Gasteiger partial charge in [0, 0.05) is 12.3 Å². The molecule has 0 amide bonds. The maximum Gasteiger partial charge on any atom is 0.306 e. The van der Waals surface area contributed by atoms with Crippen LogP contribution in [-0.4, -0.2) is 30.1 Å². The van der Waals surface area contributed by atoms with Gasteiger partial charge < -0.3 is 14.2 Å². The third-order valence-electron chi connectivity index (χ3n) is 3.27. The normalized spacial score (nSPS) is 48.9. The van der Waals surface area contributed by atoms with Crippen LogP contribution >= 0.6 is 0 Å². The van der Waals surface area contributed by atoms with Crippen LogP contribution in [0.3, 0.4) is 0 Å². The monoisotopic (exact) mass is 198 g/mol. The summed E-state index contributed by atoms with van der Waals surface area (Å²) in [4.78, 5) is 11.1. The largest absolute Gasteiger partial charge is 0.462 e. The van der Waals surface area contributed by atoms with E-state index < -0.39 is 5.79 Å². The Morgan fingerprint density at radius 3 is 2.86 bits per heavy atom. The number of hydrogen-bond donors (Lipinski definition) is 0. The van der Waals surface area contributed by atoms with E-state index in [2.05, 4.69) is 0 Å². The molecule has 3 fully saturated rings. The first-order chi connectivity index (χ1) is 6.55. The minimum Gasteiger partial charge on any atom is -0.462 e. The standard InChI is InChI=1S/C10H14O4/c1-10(2)13-7-4-6-5(9(7)14-10)3-8(11)12-6/h5-7,9H,3-4H2,1-2H3/t5-,6-,7-,9+/m0/s1. The molecule has 4 heteroatoms. The van der Waals surface area contributed by atoms with Gasteiger partial charge in [-0.25, -0.2) is 0 Å². The number of carbonyl (C=O) groups is 1. The molecule has 4 nitrogen and oxygen atoms in total. The van der Waals surface area contributed by atoms with Gasteiger partial charge in [-0.3, -0.25) is 4.79 Å². The lowest BCUT2D eigenvalue weighted by molar-refractivity contribution is -0.162. The summed E-state index contributed by atoms with van der Waals surface area (Å²) >= 11 is 0. The molecule has 2 aliphatic heterocycles. The van der Waals surface area contributed by atoms with Crippen LogP contribution in [0.15, 0.2) is 0 Å². The summed E-state index contributed by atoms with van der Waals surface area (Å²) in [7, 11) is 0. The summed E-state index contributed by atoms with van der Waals surface area (Å²) in [5.41, 5.74) is 0. The van der Waals surface area contributed by atoms with Crippen molar-refractivity contribution in [3.8, 4) is 0 Å². The molecule has 0 N–H and O–H groups in total. The molecule has 1 saturated carbocycles. The highest BCUT2D eigenvalue weighted by molar-refractivity contribution is 5.72. The summed E-state index contributed by atoms with van der Waals surface area (Å²) in [6, 6.07) is 0. The van der Waals surface area contributed by atoms with E-state index in [0.717, 1.165) is 6.42 Å². The van der Waals surface area contributed by atoms with Gasteiger partial charge in [0.05, 0.1) is 18.6 Å². The van der Waals surface area contributed by atoms with Crippen molar-refractivity contribution in [3.63, 3.8) is 0 Å². The lowest BCUT2D eigenvalue weighted by Crippen LogP contribution is -2.27. The molecule has 0 radical (unpaired) electrons. The number of hydrogen-bond acceptors (Lipinski definition) is 4. The predicted octanol–water partition coefficient (Wildman–Crippen LogP) is 0.842. The molecule has 78 valence electrons. The second-order valence-electron chi connectivity index (χ2n) is 4.77. The molecule has 14 heavy (non-hydrogen) atoms. The Balaban J connectivity index is 1.81. The van der Waals surface area contributed by atoms with Crippen LogP contribution in [-0.2, 0) is 19.0 Å². The van der Waals surface area contributed by atoms with E-state index in [1.165, 1.54) is 0 Å². The lowest BCUT2D eigenvalue weighted by Gasteiger charge is -2.20. The molecule has 1 aliphatic carbocycles. The first-order valence-corrected chi connectivity index (χ1v) is 5.10. The zero-order valence-electron chi connectivity index (χ0n) is 8.36. The van der Waals surface area contributed by atoms with E-state index in [0.29, 0.717) is 6.42 Å². The third-order valence-corrected chi connectivity index (χ3v) is 3.27. The predicted molar refractivity (Wildman–Crippen MR) is 46.4 cm³/mol. The summed E-state index contributed by atoms with van der Waals surface area (Å²) < 4.78 is 16.7. The van der Waals surface area contributed by atoms with Gasteiger partial charge in [-0.15, -0.1) is 0 Å². The highest BCUT2D eigenvalue weighted by Gasteiger charge is 2.57. The van der Waals surface area contributed by atoms with Crippen molar-refractivity contribution in [1.82, 2.24) is 0 Å². The number of fused-ring (bicyclic) bond motifs is 3. The zero-order valence-corrected chi connectivity index (χ0v) is 8.36. The van der Waals surface area contributed by atoms with E-state index >= 15 is 0 Å². The molecular weight excluding hydrogens is 184 g/mol. The van der Waals surface area contributed by atoms with Gasteiger partial charge >= 0.3 is 5.97 Å². The fourth-order valence-corrected chi connectivity index (χ4v) is 2.82. The van der Waals surface area contributed by atoms with Crippen LogP contribution < -0.4 is 0 Å². The molecule has 0 aromatic carbocycles. The summed E-state index contributed by atoms with van der Waals surface area (Å²) in [5, 5.41) is 0. The van der Waals surface area contributed by atoms with Gasteiger partial charge in [0.25, 0.3) is 0 Å². The fourth-order valence-electron chi connectivity index (χ4n) is 2.82. The topological polar surface area (TPSA) is 44.8 Å². The summed E-state index contributed by atoms with van der Waals surface area (Å²) in [6.07, 6.45) is 1.50. The van der Waals surface area contributed by atoms with Gasteiger partial charge in [-0.05, 0) is 13.8 Å². The molecule has 3 rings (SSSR count). The molecule has 2 saturated heterocycles. The fraction of sp³-hybridized carbons (Fsp3) is 0.900. The van der Waals surface area contributed by atoms with Crippen LogP contribution in [0.2, 0.25) is 0 Å². The Labute approximate surface area is 82.5 Å². The average Bonchev–Trinajstić information content (AvgIpc) is 2.58. The van der Waals surface area contributed by atoms with Crippen molar-refractivity contribution in [2.75, 3.05) is 0 Å². The molecule has 0 spiro atoms. The van der Waals surface area contributed by atoms with Crippen molar-refractivity contribution >= 4 is 5.97 Å². The second kappa shape index (κ2) is 2.49. The number of esters is 1. The lowest BCUT2D eigenvalue weighted by atomic mass is 10.0. The first-order valence-electron chi connectivity index (χ1n) is 5.10. The molecule has 0 aromatic heterocycles. The summed E-state index contributed by atoms with van der Waals surface area (Å²) in [6.45, 7) is 3.83. The van der Waals surface area contributed by atoms with Gasteiger partial charge in [0.15, 0.2) is 5.79 Å². The molecule has 4 atom stereocenters. The van der Waals surface area contributed by atoms with Gasteiger partial charge in [0.1, 0.15) is 6.10 Å². The van der Waals surface area contributed by atoms with Gasteiger partial charge in [-0.1, -0.05) is 0 Å².